The molecule has 3 heteroatoms. The van der Waals surface area contributed by atoms with Gasteiger partial charge in [-0.25, -0.2) is 0 Å². The van der Waals surface area contributed by atoms with Gasteiger partial charge in [0.2, 0.25) is 0 Å². The van der Waals surface area contributed by atoms with Crippen molar-refractivity contribution in [2.75, 3.05) is 20.1 Å². The Balaban J connectivity index is 1.80. The number of Topliss-reactive ketones (excluding diaryl/α,β-unsaturated/α-hetero) is 1. The van der Waals surface area contributed by atoms with E-state index >= 15 is 0 Å². The zero-order chi connectivity index (χ0) is 13.8. The van der Waals surface area contributed by atoms with E-state index in [0.717, 1.165) is 25.9 Å². The molecule has 1 saturated carbocycles. The van der Waals surface area contributed by atoms with Crippen LogP contribution in [0, 0.1) is 17.8 Å². The van der Waals surface area contributed by atoms with Gasteiger partial charge in [-0.3, -0.25) is 4.79 Å². The molecule has 1 aliphatic carbocycles. The zero-order valence-corrected chi connectivity index (χ0v) is 13.1. The lowest BCUT2D eigenvalue weighted by Crippen LogP contribution is -2.39. The van der Waals surface area contributed by atoms with E-state index in [9.17, 15) is 4.79 Å². The first-order chi connectivity index (χ1) is 9.06. The highest BCUT2D eigenvalue weighted by atomic mass is 32.1. The SMILES string of the molecule is CC1CC(=O)C(CN(C)CCc2cccs2)C(C)C1. The normalized spacial score (nSPS) is 28.0. The van der Waals surface area contributed by atoms with Crippen molar-refractivity contribution >= 4 is 17.1 Å². The minimum Gasteiger partial charge on any atom is -0.305 e. The monoisotopic (exact) mass is 279 g/mol. The summed E-state index contributed by atoms with van der Waals surface area (Å²) in [7, 11) is 2.14. The first-order valence-corrected chi connectivity index (χ1v) is 8.18. The maximum atomic E-state index is 12.2. The average Bonchev–Trinajstić information content (AvgIpc) is 2.84. The first-order valence-electron chi connectivity index (χ1n) is 7.30. The van der Waals surface area contributed by atoms with Gasteiger partial charge in [0.25, 0.3) is 0 Å². The molecule has 0 bridgehead atoms. The molecule has 3 unspecified atom stereocenters. The van der Waals surface area contributed by atoms with Crippen molar-refractivity contribution in [2.24, 2.45) is 17.8 Å². The number of ketones is 1. The van der Waals surface area contributed by atoms with Crippen LogP contribution >= 0.6 is 11.3 Å². The highest BCUT2D eigenvalue weighted by Gasteiger charge is 2.32. The van der Waals surface area contributed by atoms with Gasteiger partial charge >= 0.3 is 0 Å². The van der Waals surface area contributed by atoms with E-state index < -0.39 is 0 Å². The van der Waals surface area contributed by atoms with Crippen molar-refractivity contribution < 1.29 is 4.79 Å². The molecule has 0 aliphatic heterocycles. The van der Waals surface area contributed by atoms with Crippen LogP contribution in [0.3, 0.4) is 0 Å². The van der Waals surface area contributed by atoms with E-state index in [0.29, 0.717) is 17.6 Å². The summed E-state index contributed by atoms with van der Waals surface area (Å²) in [5, 5.41) is 2.13. The Morgan fingerprint density at radius 1 is 1.42 bits per heavy atom. The molecular formula is C16H25NOS. The van der Waals surface area contributed by atoms with Gasteiger partial charge in [-0.2, -0.15) is 0 Å². The standard InChI is InChI=1S/C16H25NOS/c1-12-9-13(2)15(16(18)10-12)11-17(3)7-6-14-5-4-8-19-14/h4-5,8,12-13,15H,6-7,9-11H2,1-3H3. The number of nitrogens with zero attached hydrogens (tertiary/aromatic N) is 1. The molecule has 0 amide bonds. The predicted molar refractivity (Wildman–Crippen MR) is 81.6 cm³/mol. The summed E-state index contributed by atoms with van der Waals surface area (Å²) < 4.78 is 0. The molecule has 1 aromatic rings. The first kappa shape index (κ1) is 14.7. The molecule has 3 atom stereocenters. The number of rotatable bonds is 5. The second-order valence-electron chi connectivity index (χ2n) is 6.19. The summed E-state index contributed by atoms with van der Waals surface area (Å²) in [5.41, 5.74) is 0. The van der Waals surface area contributed by atoms with Crippen molar-refractivity contribution in [3.63, 3.8) is 0 Å². The molecule has 1 fully saturated rings. The predicted octanol–water partition coefficient (Wildman–Crippen LogP) is 3.47. The fraction of sp³-hybridized carbons (Fsp3) is 0.688. The molecule has 0 spiro atoms. The van der Waals surface area contributed by atoms with Crippen LogP contribution in [0.4, 0.5) is 0 Å². The van der Waals surface area contributed by atoms with Crippen molar-refractivity contribution in [3.05, 3.63) is 22.4 Å². The van der Waals surface area contributed by atoms with E-state index in [1.54, 1.807) is 0 Å². The third kappa shape index (κ3) is 4.15. The second-order valence-corrected chi connectivity index (χ2v) is 7.22. The van der Waals surface area contributed by atoms with Crippen LogP contribution in [-0.2, 0) is 11.2 Å². The molecule has 0 aromatic carbocycles. The number of likely N-dealkylation sites (N-methyl/N-ethyl adjacent to an activating group) is 1. The lowest BCUT2D eigenvalue weighted by Gasteiger charge is -2.33. The Morgan fingerprint density at radius 2 is 2.21 bits per heavy atom. The van der Waals surface area contributed by atoms with Crippen LogP contribution in [0.2, 0.25) is 0 Å². The Hall–Kier alpha value is -0.670. The van der Waals surface area contributed by atoms with E-state index in [1.165, 1.54) is 11.3 Å². The minimum atomic E-state index is 0.254. The lowest BCUT2D eigenvalue weighted by molar-refractivity contribution is -0.128. The van der Waals surface area contributed by atoms with Crippen LogP contribution < -0.4 is 0 Å². The van der Waals surface area contributed by atoms with Gasteiger partial charge in [-0.05, 0) is 43.2 Å². The smallest absolute Gasteiger partial charge is 0.137 e. The molecule has 0 radical (unpaired) electrons. The van der Waals surface area contributed by atoms with Gasteiger partial charge in [0, 0.05) is 30.3 Å². The highest BCUT2D eigenvalue weighted by Crippen LogP contribution is 2.31. The van der Waals surface area contributed by atoms with Crippen molar-refractivity contribution in [1.82, 2.24) is 4.90 Å². The summed E-state index contributed by atoms with van der Waals surface area (Å²) >= 11 is 1.82. The van der Waals surface area contributed by atoms with Gasteiger partial charge in [0.15, 0.2) is 0 Å². The second kappa shape index (κ2) is 6.67. The summed E-state index contributed by atoms with van der Waals surface area (Å²) in [6.07, 6.45) is 3.09. The Labute approximate surface area is 120 Å². The fourth-order valence-electron chi connectivity index (χ4n) is 3.16. The van der Waals surface area contributed by atoms with Crippen LogP contribution in [0.15, 0.2) is 17.5 Å². The fourth-order valence-corrected chi connectivity index (χ4v) is 3.86. The molecule has 1 aliphatic rings. The maximum Gasteiger partial charge on any atom is 0.137 e. The summed E-state index contributed by atoms with van der Waals surface area (Å²) in [4.78, 5) is 15.9. The lowest BCUT2D eigenvalue weighted by atomic mass is 9.74. The molecule has 2 rings (SSSR count). The van der Waals surface area contributed by atoms with Crippen LogP contribution in [0.25, 0.3) is 0 Å². The average molecular weight is 279 g/mol. The van der Waals surface area contributed by atoms with E-state index in [-0.39, 0.29) is 5.92 Å². The molecule has 19 heavy (non-hydrogen) atoms. The van der Waals surface area contributed by atoms with Gasteiger partial charge in [-0.1, -0.05) is 19.9 Å². The summed E-state index contributed by atoms with van der Waals surface area (Å²) in [6.45, 7) is 6.42. The molecule has 1 aromatic heterocycles. The van der Waals surface area contributed by atoms with Crippen LogP contribution in [0.1, 0.15) is 31.6 Å². The third-order valence-corrected chi connectivity index (χ3v) is 5.19. The molecule has 1 heterocycles. The quantitative estimate of drug-likeness (QED) is 0.822. The maximum absolute atomic E-state index is 12.2. The third-order valence-electron chi connectivity index (χ3n) is 4.25. The summed E-state index contributed by atoms with van der Waals surface area (Å²) in [5.74, 6) is 1.86. The molecule has 0 saturated heterocycles. The minimum absolute atomic E-state index is 0.254. The highest BCUT2D eigenvalue weighted by molar-refractivity contribution is 7.09. The number of hydrogen-bond donors (Lipinski definition) is 0. The van der Waals surface area contributed by atoms with Crippen molar-refractivity contribution in [3.8, 4) is 0 Å². The number of hydrogen-bond acceptors (Lipinski definition) is 3. The van der Waals surface area contributed by atoms with E-state index in [2.05, 4.69) is 43.3 Å². The topological polar surface area (TPSA) is 20.3 Å². The number of carbonyl (C=O) groups is 1. The Kier molecular flexibility index (Phi) is 5.17. The molecular weight excluding hydrogens is 254 g/mol. The molecule has 106 valence electrons. The molecule has 2 nitrogen and oxygen atoms in total. The van der Waals surface area contributed by atoms with Gasteiger partial charge in [0.1, 0.15) is 5.78 Å². The van der Waals surface area contributed by atoms with Gasteiger partial charge in [0.05, 0.1) is 0 Å². The van der Waals surface area contributed by atoms with Gasteiger partial charge in [-0.15, -0.1) is 11.3 Å². The van der Waals surface area contributed by atoms with Crippen molar-refractivity contribution in [1.29, 1.82) is 0 Å². The number of thiophene rings is 1. The van der Waals surface area contributed by atoms with E-state index in [4.69, 9.17) is 0 Å². The number of carbonyl (C=O) groups excluding carboxylic acids is 1. The zero-order valence-electron chi connectivity index (χ0n) is 12.3. The molecule has 0 N–H and O–H groups in total. The van der Waals surface area contributed by atoms with Crippen molar-refractivity contribution in [2.45, 2.75) is 33.1 Å². The summed E-state index contributed by atoms with van der Waals surface area (Å²) in [6, 6.07) is 4.29. The van der Waals surface area contributed by atoms with Crippen LogP contribution in [0.5, 0.6) is 0 Å². The van der Waals surface area contributed by atoms with Gasteiger partial charge < -0.3 is 4.90 Å². The largest absolute Gasteiger partial charge is 0.305 e. The van der Waals surface area contributed by atoms with Crippen LogP contribution in [-0.4, -0.2) is 30.8 Å². The Bertz CT molecular complexity index is 401. The Morgan fingerprint density at radius 3 is 2.84 bits per heavy atom. The van der Waals surface area contributed by atoms with E-state index in [1.807, 2.05) is 11.3 Å².